The molecule has 0 atom stereocenters. The van der Waals surface area contributed by atoms with Crippen molar-refractivity contribution >= 4 is 11.9 Å². The van der Waals surface area contributed by atoms with Gasteiger partial charge in [-0.1, -0.05) is 0 Å². The molecule has 0 bridgehead atoms. The van der Waals surface area contributed by atoms with Gasteiger partial charge in [0, 0.05) is 0 Å². The van der Waals surface area contributed by atoms with Crippen molar-refractivity contribution in [1.29, 1.82) is 0 Å². The fraction of sp³-hybridized carbons (Fsp3) is 0.833. The van der Waals surface area contributed by atoms with Crippen LogP contribution in [0.4, 0.5) is 0 Å². The summed E-state index contributed by atoms with van der Waals surface area (Å²) in [5.74, 6) is -0.779. The summed E-state index contributed by atoms with van der Waals surface area (Å²) in [5, 5.41) is 2.82. The van der Waals surface area contributed by atoms with Crippen LogP contribution in [0.25, 0.3) is 0 Å². The average molecular weight is 245 g/mol. The highest BCUT2D eigenvalue weighted by molar-refractivity contribution is 5.81. The summed E-state index contributed by atoms with van der Waals surface area (Å²) >= 11 is 0. The van der Waals surface area contributed by atoms with Crippen LogP contribution >= 0.6 is 0 Å². The van der Waals surface area contributed by atoms with Crippen LogP contribution in [-0.4, -0.2) is 36.2 Å². The Hall–Kier alpha value is -1.10. The van der Waals surface area contributed by atoms with Crippen molar-refractivity contribution in [2.75, 3.05) is 13.2 Å². The Labute approximate surface area is 103 Å². The quantitative estimate of drug-likeness (QED) is 0.739. The van der Waals surface area contributed by atoms with Gasteiger partial charge in [-0.15, -0.1) is 0 Å². The minimum Gasteiger partial charge on any atom is -0.465 e. The molecular formula is C12H23NO4. The van der Waals surface area contributed by atoms with E-state index in [-0.39, 0.29) is 12.5 Å². The van der Waals surface area contributed by atoms with Crippen LogP contribution in [-0.2, 0) is 19.1 Å². The van der Waals surface area contributed by atoms with Crippen LogP contribution in [0.1, 0.15) is 41.5 Å². The van der Waals surface area contributed by atoms with Gasteiger partial charge >= 0.3 is 11.9 Å². The summed E-state index contributed by atoms with van der Waals surface area (Å²) in [7, 11) is 0. The lowest BCUT2D eigenvalue weighted by atomic mass is 10.1. The van der Waals surface area contributed by atoms with E-state index in [1.165, 1.54) is 0 Å². The lowest BCUT2D eigenvalue weighted by Crippen LogP contribution is -2.51. The van der Waals surface area contributed by atoms with Crippen LogP contribution in [0.15, 0.2) is 0 Å². The van der Waals surface area contributed by atoms with E-state index in [4.69, 9.17) is 9.47 Å². The van der Waals surface area contributed by atoms with Crippen molar-refractivity contribution in [3.63, 3.8) is 0 Å². The maximum absolute atomic E-state index is 11.8. The molecule has 0 saturated carbocycles. The fourth-order valence-electron chi connectivity index (χ4n) is 0.983. The first-order valence-corrected chi connectivity index (χ1v) is 5.72. The summed E-state index contributed by atoms with van der Waals surface area (Å²) in [6, 6.07) is 0. The Morgan fingerprint density at radius 3 is 2.06 bits per heavy atom. The van der Waals surface area contributed by atoms with E-state index in [9.17, 15) is 9.59 Å². The third-order valence-electron chi connectivity index (χ3n) is 1.89. The molecule has 1 N–H and O–H groups in total. The SMILES string of the molecule is CCOC(=O)CNC(C)(C)C(=O)OC(C)(C)C. The number of hydrogen-bond acceptors (Lipinski definition) is 5. The summed E-state index contributed by atoms with van der Waals surface area (Å²) in [6.07, 6.45) is 0. The molecule has 0 saturated heterocycles. The third kappa shape index (κ3) is 6.94. The second kappa shape index (κ2) is 6.00. The molecule has 5 nitrogen and oxygen atoms in total. The minimum atomic E-state index is -0.917. The van der Waals surface area contributed by atoms with E-state index < -0.39 is 17.1 Å². The van der Waals surface area contributed by atoms with Crippen molar-refractivity contribution in [3.8, 4) is 0 Å². The van der Waals surface area contributed by atoms with Crippen LogP contribution in [0.3, 0.4) is 0 Å². The topological polar surface area (TPSA) is 64.6 Å². The number of nitrogens with one attached hydrogen (secondary N) is 1. The normalized spacial score (nSPS) is 12.1. The molecule has 5 heteroatoms. The van der Waals surface area contributed by atoms with Crippen molar-refractivity contribution in [1.82, 2.24) is 5.32 Å². The van der Waals surface area contributed by atoms with Crippen molar-refractivity contribution in [2.45, 2.75) is 52.7 Å². The molecule has 0 aromatic carbocycles. The summed E-state index contributed by atoms with van der Waals surface area (Å²) in [6.45, 7) is 10.8. The molecule has 0 unspecified atom stereocenters. The molecule has 17 heavy (non-hydrogen) atoms. The first-order valence-electron chi connectivity index (χ1n) is 5.72. The highest BCUT2D eigenvalue weighted by Gasteiger charge is 2.32. The molecule has 0 aliphatic heterocycles. The minimum absolute atomic E-state index is 0.0138. The Bertz CT molecular complexity index is 279. The van der Waals surface area contributed by atoms with Gasteiger partial charge < -0.3 is 9.47 Å². The molecule has 0 aromatic rings. The van der Waals surface area contributed by atoms with Crippen LogP contribution in [0.5, 0.6) is 0 Å². The van der Waals surface area contributed by atoms with Crippen molar-refractivity contribution < 1.29 is 19.1 Å². The van der Waals surface area contributed by atoms with E-state index in [1.807, 2.05) is 0 Å². The van der Waals surface area contributed by atoms with Gasteiger partial charge in [-0.3, -0.25) is 14.9 Å². The van der Waals surface area contributed by atoms with Gasteiger partial charge in [0.2, 0.25) is 0 Å². The highest BCUT2D eigenvalue weighted by Crippen LogP contribution is 2.13. The summed E-state index contributed by atoms with van der Waals surface area (Å²) in [5.41, 5.74) is -1.46. The van der Waals surface area contributed by atoms with Crippen LogP contribution < -0.4 is 5.32 Å². The summed E-state index contributed by atoms with van der Waals surface area (Å²) in [4.78, 5) is 23.0. The van der Waals surface area contributed by atoms with Crippen LogP contribution in [0, 0.1) is 0 Å². The Balaban J connectivity index is 4.28. The molecule has 0 fully saturated rings. The van der Waals surface area contributed by atoms with Gasteiger partial charge in [0.15, 0.2) is 0 Å². The second-order valence-corrected chi connectivity index (χ2v) is 5.29. The molecule has 0 rings (SSSR count). The zero-order chi connectivity index (χ0) is 13.7. The predicted octanol–water partition coefficient (Wildman–Crippen LogP) is 1.26. The molecule has 100 valence electrons. The zero-order valence-corrected chi connectivity index (χ0v) is 11.5. The maximum Gasteiger partial charge on any atom is 0.326 e. The van der Waals surface area contributed by atoms with Gasteiger partial charge in [0.1, 0.15) is 11.1 Å². The lowest BCUT2D eigenvalue weighted by Gasteiger charge is -2.28. The highest BCUT2D eigenvalue weighted by atomic mass is 16.6. The molecule has 0 spiro atoms. The molecule has 0 radical (unpaired) electrons. The number of rotatable bonds is 5. The van der Waals surface area contributed by atoms with E-state index in [1.54, 1.807) is 41.5 Å². The van der Waals surface area contributed by atoms with Gasteiger partial charge in [0.05, 0.1) is 13.2 Å². The Morgan fingerprint density at radius 2 is 1.65 bits per heavy atom. The maximum atomic E-state index is 11.8. The van der Waals surface area contributed by atoms with Gasteiger partial charge in [-0.2, -0.15) is 0 Å². The van der Waals surface area contributed by atoms with Gasteiger partial charge in [0.25, 0.3) is 0 Å². The molecule has 0 aromatic heterocycles. The first kappa shape index (κ1) is 15.9. The Morgan fingerprint density at radius 1 is 1.12 bits per heavy atom. The Kier molecular flexibility index (Phi) is 5.61. The molecule has 0 heterocycles. The summed E-state index contributed by atoms with van der Waals surface area (Å²) < 4.78 is 10.0. The third-order valence-corrected chi connectivity index (χ3v) is 1.89. The monoisotopic (exact) mass is 245 g/mol. The van der Waals surface area contributed by atoms with Gasteiger partial charge in [-0.05, 0) is 41.5 Å². The standard InChI is InChI=1S/C12H23NO4/c1-7-16-9(14)8-13-12(5,6)10(15)17-11(2,3)4/h13H,7-8H2,1-6H3. The van der Waals surface area contributed by atoms with E-state index in [2.05, 4.69) is 5.32 Å². The molecular weight excluding hydrogens is 222 g/mol. The van der Waals surface area contributed by atoms with E-state index >= 15 is 0 Å². The van der Waals surface area contributed by atoms with Crippen LogP contribution in [0.2, 0.25) is 0 Å². The molecule has 0 aliphatic rings. The predicted molar refractivity (Wildman–Crippen MR) is 64.6 cm³/mol. The number of esters is 2. The second-order valence-electron chi connectivity index (χ2n) is 5.29. The van der Waals surface area contributed by atoms with E-state index in [0.29, 0.717) is 6.61 Å². The van der Waals surface area contributed by atoms with Gasteiger partial charge in [-0.25, -0.2) is 0 Å². The number of ether oxygens (including phenoxy) is 2. The number of carbonyl (C=O) groups is 2. The molecule has 0 aliphatic carbocycles. The number of hydrogen-bond donors (Lipinski definition) is 1. The van der Waals surface area contributed by atoms with E-state index in [0.717, 1.165) is 0 Å². The first-order chi connectivity index (χ1) is 7.58. The van der Waals surface area contributed by atoms with Crippen molar-refractivity contribution in [3.05, 3.63) is 0 Å². The largest absolute Gasteiger partial charge is 0.465 e. The lowest BCUT2D eigenvalue weighted by molar-refractivity contribution is -0.162. The number of carbonyl (C=O) groups excluding carboxylic acids is 2. The smallest absolute Gasteiger partial charge is 0.326 e. The van der Waals surface area contributed by atoms with Crippen molar-refractivity contribution in [2.24, 2.45) is 0 Å². The average Bonchev–Trinajstić information content (AvgIpc) is 2.12. The molecule has 0 amide bonds. The zero-order valence-electron chi connectivity index (χ0n) is 11.5. The fourth-order valence-corrected chi connectivity index (χ4v) is 0.983.